The molecular weight excluding hydrogens is 601 g/mol. The predicted molar refractivity (Wildman–Crippen MR) is 188 cm³/mol. The molecule has 2 aliphatic carbocycles. The van der Waals surface area contributed by atoms with Crippen molar-refractivity contribution < 1.29 is 9.59 Å². The van der Waals surface area contributed by atoms with Crippen LogP contribution in [0.15, 0.2) is 60.2 Å². The molecule has 3 aromatic heterocycles. The molecule has 7 heteroatoms. The molecule has 4 heterocycles. The zero-order chi connectivity index (χ0) is 33.0. The minimum absolute atomic E-state index is 0.188. The molecule has 6 nitrogen and oxygen atoms in total. The Morgan fingerprint density at radius 3 is 1.89 bits per heavy atom. The highest BCUT2D eigenvalue weighted by molar-refractivity contribution is 7.10. The summed E-state index contributed by atoms with van der Waals surface area (Å²) < 4.78 is 0. The molecule has 0 atom stereocenters. The number of aryl methyl sites for hydroxylation is 2. The molecule has 47 heavy (non-hydrogen) atoms. The average molecular weight is 641 g/mol. The molecule has 7 rings (SSSR count). The number of carbonyl (C=O) groups is 2. The lowest BCUT2D eigenvalue weighted by Gasteiger charge is -2.28. The van der Waals surface area contributed by atoms with E-state index < -0.39 is 0 Å². The Bertz CT molecular complexity index is 1930. The van der Waals surface area contributed by atoms with E-state index in [0.717, 1.165) is 77.4 Å². The van der Waals surface area contributed by atoms with Crippen LogP contribution >= 0.6 is 11.3 Å². The number of carbonyl (C=O) groups excluding carboxylic acids is 2. The maximum atomic E-state index is 12.5. The summed E-state index contributed by atoms with van der Waals surface area (Å²) in [5.74, 6) is 12.9. The Labute approximate surface area is 282 Å². The second-order valence-corrected chi connectivity index (χ2v) is 14.7. The normalized spacial score (nSPS) is 17.5. The van der Waals surface area contributed by atoms with Crippen molar-refractivity contribution in [2.45, 2.75) is 72.6 Å². The molecule has 0 amide bonds. The average Bonchev–Trinajstić information content (AvgIpc) is 3.61. The molecule has 1 saturated heterocycles. The number of hydrogen-bond acceptors (Lipinski definition) is 7. The number of fused-ring (bicyclic) bond motifs is 2. The van der Waals surface area contributed by atoms with E-state index in [9.17, 15) is 9.59 Å². The van der Waals surface area contributed by atoms with Gasteiger partial charge < -0.3 is 4.90 Å². The van der Waals surface area contributed by atoms with Crippen molar-refractivity contribution in [3.05, 3.63) is 105 Å². The van der Waals surface area contributed by atoms with Crippen LogP contribution in [0.5, 0.6) is 0 Å². The number of anilines is 1. The molecule has 0 spiro atoms. The Morgan fingerprint density at radius 1 is 0.723 bits per heavy atom. The number of Topliss-reactive ketones (excluding diaryl/α,β-unsaturated/α-hetero) is 2. The minimum atomic E-state index is -0.281. The maximum Gasteiger partial charge on any atom is 0.170 e. The van der Waals surface area contributed by atoms with Crippen molar-refractivity contribution in [1.29, 1.82) is 0 Å². The number of piperidine rings is 1. The van der Waals surface area contributed by atoms with Gasteiger partial charge in [0.2, 0.25) is 0 Å². The highest BCUT2D eigenvalue weighted by Gasteiger charge is 2.35. The van der Waals surface area contributed by atoms with E-state index in [4.69, 9.17) is 0 Å². The SMILES string of the molecule is CC1(C)CCc2nc(C#Cc3cccc(N4CCCCC4)c3)ccc2C1=O.CC1(C)CCc2nc(C#Cc3cncs3)ccc2C1=O. The summed E-state index contributed by atoms with van der Waals surface area (Å²) in [4.78, 5) is 41.4. The fraction of sp³-hybridized carbons (Fsp3) is 0.375. The van der Waals surface area contributed by atoms with Crippen molar-refractivity contribution in [2.75, 3.05) is 18.0 Å². The third-order valence-corrected chi connectivity index (χ3v) is 9.98. The largest absolute Gasteiger partial charge is 0.372 e. The number of benzene rings is 1. The van der Waals surface area contributed by atoms with Crippen LogP contribution in [0.4, 0.5) is 5.69 Å². The molecule has 0 unspecified atom stereocenters. The van der Waals surface area contributed by atoms with Gasteiger partial charge in [0.25, 0.3) is 0 Å². The van der Waals surface area contributed by atoms with Crippen molar-refractivity contribution in [1.82, 2.24) is 15.0 Å². The third-order valence-electron chi connectivity index (χ3n) is 9.29. The van der Waals surface area contributed by atoms with Crippen LogP contribution in [-0.4, -0.2) is 39.6 Å². The molecule has 0 saturated carbocycles. The van der Waals surface area contributed by atoms with Gasteiger partial charge in [0, 0.05) is 46.3 Å². The van der Waals surface area contributed by atoms with Gasteiger partial charge in [-0.05, 0) is 105 Å². The van der Waals surface area contributed by atoms with Crippen LogP contribution in [0.2, 0.25) is 0 Å². The number of aromatic nitrogens is 3. The van der Waals surface area contributed by atoms with E-state index in [1.54, 1.807) is 11.7 Å². The monoisotopic (exact) mass is 640 g/mol. The second-order valence-electron chi connectivity index (χ2n) is 13.8. The van der Waals surface area contributed by atoms with E-state index in [1.165, 1.54) is 36.3 Å². The Kier molecular flexibility index (Phi) is 9.39. The Balaban J connectivity index is 0.000000172. The van der Waals surface area contributed by atoms with Crippen LogP contribution in [0.25, 0.3) is 0 Å². The summed E-state index contributed by atoms with van der Waals surface area (Å²) in [5, 5.41) is 0. The highest BCUT2D eigenvalue weighted by Crippen LogP contribution is 2.35. The lowest BCUT2D eigenvalue weighted by atomic mass is 9.75. The smallest absolute Gasteiger partial charge is 0.170 e. The van der Waals surface area contributed by atoms with Gasteiger partial charge in [-0.15, -0.1) is 11.3 Å². The minimum Gasteiger partial charge on any atom is -0.372 e. The van der Waals surface area contributed by atoms with Crippen molar-refractivity contribution >= 4 is 28.6 Å². The Morgan fingerprint density at radius 2 is 1.32 bits per heavy atom. The lowest BCUT2D eigenvalue weighted by molar-refractivity contribution is 0.0803. The molecule has 4 aromatic rings. The second kappa shape index (κ2) is 13.6. The van der Waals surface area contributed by atoms with Gasteiger partial charge >= 0.3 is 0 Å². The fourth-order valence-electron chi connectivity index (χ4n) is 6.23. The van der Waals surface area contributed by atoms with Gasteiger partial charge in [0.15, 0.2) is 11.6 Å². The van der Waals surface area contributed by atoms with E-state index in [0.29, 0.717) is 5.69 Å². The van der Waals surface area contributed by atoms with Crippen LogP contribution in [0.3, 0.4) is 0 Å². The first-order chi connectivity index (χ1) is 22.6. The van der Waals surface area contributed by atoms with Crippen molar-refractivity contribution in [3.8, 4) is 23.7 Å². The zero-order valence-electron chi connectivity index (χ0n) is 27.7. The van der Waals surface area contributed by atoms with Crippen LogP contribution in [0.1, 0.15) is 114 Å². The first kappa shape index (κ1) is 32.4. The zero-order valence-corrected chi connectivity index (χ0v) is 28.5. The number of rotatable bonds is 1. The number of hydrogen-bond donors (Lipinski definition) is 0. The van der Waals surface area contributed by atoms with E-state index in [2.05, 4.69) is 61.7 Å². The lowest BCUT2D eigenvalue weighted by Crippen LogP contribution is -2.31. The topological polar surface area (TPSA) is 76.1 Å². The van der Waals surface area contributed by atoms with Gasteiger partial charge in [-0.1, -0.05) is 39.7 Å². The molecule has 1 aliphatic heterocycles. The van der Waals surface area contributed by atoms with Crippen LogP contribution in [0, 0.1) is 34.5 Å². The predicted octanol–water partition coefficient (Wildman–Crippen LogP) is 7.72. The molecule has 1 fully saturated rings. The summed E-state index contributed by atoms with van der Waals surface area (Å²) in [6, 6.07) is 15.9. The quantitative estimate of drug-likeness (QED) is 0.198. The van der Waals surface area contributed by atoms with Gasteiger partial charge in [0.05, 0.1) is 28.0 Å². The summed E-state index contributed by atoms with van der Waals surface area (Å²) in [6.45, 7) is 10.3. The summed E-state index contributed by atoms with van der Waals surface area (Å²) in [7, 11) is 0. The Hall–Kier alpha value is -4.59. The molecule has 1 aromatic carbocycles. The number of pyridine rings is 2. The highest BCUT2D eigenvalue weighted by atomic mass is 32.1. The summed E-state index contributed by atoms with van der Waals surface area (Å²) in [6.07, 6.45) is 8.98. The molecule has 0 radical (unpaired) electrons. The third kappa shape index (κ3) is 7.53. The first-order valence-electron chi connectivity index (χ1n) is 16.5. The van der Waals surface area contributed by atoms with E-state index in [-0.39, 0.29) is 22.4 Å². The first-order valence-corrected chi connectivity index (χ1v) is 17.3. The molecular formula is C40H40N4O2S. The standard InChI is InChI=1S/C24H26N2O.C16H14N2OS/c1-24(2)14-13-22-21(23(24)27)12-11-19(25-22)10-9-18-7-6-8-20(17-18)26-15-4-3-5-16-26;1-16(2)8-7-14-13(15(16)19)6-4-11(18-14)3-5-12-9-17-10-20-12/h6-8,11-12,17H,3-5,13-16H2,1-2H3;4,6,9-10H,7-8H2,1-2H3. The van der Waals surface area contributed by atoms with Crippen LogP contribution < -0.4 is 4.90 Å². The van der Waals surface area contributed by atoms with Gasteiger partial charge in [-0.25, -0.2) is 9.97 Å². The number of thiazole rings is 1. The van der Waals surface area contributed by atoms with Crippen molar-refractivity contribution in [3.63, 3.8) is 0 Å². The van der Waals surface area contributed by atoms with Crippen LogP contribution in [-0.2, 0) is 12.8 Å². The van der Waals surface area contributed by atoms with Gasteiger partial charge in [-0.2, -0.15) is 0 Å². The molecule has 3 aliphatic rings. The van der Waals surface area contributed by atoms with E-state index in [1.807, 2.05) is 58.0 Å². The molecule has 0 bridgehead atoms. The van der Waals surface area contributed by atoms with Crippen molar-refractivity contribution in [2.24, 2.45) is 10.8 Å². The fourth-order valence-corrected chi connectivity index (χ4v) is 6.69. The molecule has 0 N–H and O–H groups in total. The summed E-state index contributed by atoms with van der Waals surface area (Å²) >= 11 is 1.50. The maximum absolute atomic E-state index is 12.5. The molecule has 238 valence electrons. The number of nitrogens with zero attached hydrogens (tertiary/aromatic N) is 4. The number of ketones is 2. The van der Waals surface area contributed by atoms with Gasteiger partial charge in [-0.3, -0.25) is 14.6 Å². The van der Waals surface area contributed by atoms with Gasteiger partial charge in [0.1, 0.15) is 11.4 Å². The summed E-state index contributed by atoms with van der Waals surface area (Å²) in [5.41, 5.74) is 8.22. The van der Waals surface area contributed by atoms with E-state index >= 15 is 0 Å².